The van der Waals surface area contributed by atoms with Gasteiger partial charge in [-0.25, -0.2) is 0 Å². The van der Waals surface area contributed by atoms with Crippen LogP contribution in [0.1, 0.15) is 35.9 Å². The molecule has 0 aromatic heterocycles. The Hall–Kier alpha value is -2.20. The molecule has 0 amide bonds. The molecule has 24 heavy (non-hydrogen) atoms. The van der Waals surface area contributed by atoms with E-state index in [9.17, 15) is 4.79 Å². The summed E-state index contributed by atoms with van der Waals surface area (Å²) in [5, 5.41) is 14.1. The van der Waals surface area contributed by atoms with Crippen LogP contribution in [0.25, 0.3) is 10.4 Å². The molecule has 2 aromatic carbocycles. The summed E-state index contributed by atoms with van der Waals surface area (Å²) in [5.74, 6) is -1.21. The maximum absolute atomic E-state index is 11.0. The molecule has 5 nitrogen and oxygen atoms in total. The molecule has 0 radical (unpaired) electrons. The van der Waals surface area contributed by atoms with Crippen LogP contribution in [0, 0.1) is 0 Å². The smallest absolute Gasteiger partial charge is 0.303 e. The molecule has 0 saturated heterocycles. The van der Waals surface area contributed by atoms with Crippen LogP contribution in [0.3, 0.4) is 0 Å². The van der Waals surface area contributed by atoms with E-state index in [0.29, 0.717) is 16.5 Å². The number of benzene rings is 2. The number of rotatable bonds is 7. The summed E-state index contributed by atoms with van der Waals surface area (Å²) >= 11 is 12.0. The zero-order chi connectivity index (χ0) is 17.5. The molecule has 2 rings (SSSR count). The Morgan fingerprint density at radius 2 is 1.83 bits per heavy atom. The maximum atomic E-state index is 11.0. The Morgan fingerprint density at radius 3 is 2.42 bits per heavy atom. The maximum Gasteiger partial charge on any atom is 0.303 e. The number of carboxylic acid groups (broad SMARTS) is 1. The highest BCUT2D eigenvalue weighted by Gasteiger charge is 2.25. The molecule has 0 aliphatic rings. The standard InChI is InChI=1S/C17H15Cl2N3O2/c18-13-6-4-11(5-7-13)17(21-22-20)15(8-9-16(23)24)12-2-1-3-14(19)10-12/h1-7,10,15,17H,8-9H2,(H,23,24)/t15-,17-/m0/s1. The monoisotopic (exact) mass is 363 g/mol. The van der Waals surface area contributed by atoms with Crippen molar-refractivity contribution in [2.24, 2.45) is 5.11 Å². The van der Waals surface area contributed by atoms with E-state index in [1.807, 2.05) is 6.07 Å². The lowest BCUT2D eigenvalue weighted by atomic mass is 9.84. The molecule has 2 aromatic rings. The van der Waals surface area contributed by atoms with Crippen LogP contribution in [0.2, 0.25) is 10.0 Å². The Bertz CT molecular complexity index is 759. The van der Waals surface area contributed by atoms with Gasteiger partial charge < -0.3 is 5.11 Å². The minimum atomic E-state index is -0.905. The molecular formula is C17H15Cl2N3O2. The fourth-order valence-electron chi connectivity index (χ4n) is 2.62. The molecule has 0 saturated carbocycles. The number of carbonyl (C=O) groups is 1. The molecule has 1 N–H and O–H groups in total. The van der Waals surface area contributed by atoms with Gasteiger partial charge in [-0.2, -0.15) is 0 Å². The van der Waals surface area contributed by atoms with Crippen LogP contribution in [0.5, 0.6) is 0 Å². The van der Waals surface area contributed by atoms with E-state index in [-0.39, 0.29) is 12.3 Å². The summed E-state index contributed by atoms with van der Waals surface area (Å²) in [6.45, 7) is 0. The van der Waals surface area contributed by atoms with E-state index >= 15 is 0 Å². The highest BCUT2D eigenvalue weighted by molar-refractivity contribution is 6.30. The molecule has 0 unspecified atom stereocenters. The van der Waals surface area contributed by atoms with E-state index in [1.54, 1.807) is 42.5 Å². The van der Waals surface area contributed by atoms with Crippen LogP contribution >= 0.6 is 23.2 Å². The quantitative estimate of drug-likeness (QED) is 0.371. The third-order valence-corrected chi connectivity index (χ3v) is 4.20. The lowest BCUT2D eigenvalue weighted by Crippen LogP contribution is -2.11. The van der Waals surface area contributed by atoms with Gasteiger partial charge in [-0.05, 0) is 53.3 Å². The molecule has 124 valence electrons. The molecule has 0 fully saturated rings. The van der Waals surface area contributed by atoms with Crippen LogP contribution in [-0.2, 0) is 4.79 Å². The minimum Gasteiger partial charge on any atom is -0.481 e. The van der Waals surface area contributed by atoms with Crippen molar-refractivity contribution >= 4 is 29.2 Å². The number of nitrogens with zero attached hydrogens (tertiary/aromatic N) is 3. The Morgan fingerprint density at radius 1 is 1.12 bits per heavy atom. The van der Waals surface area contributed by atoms with Crippen molar-refractivity contribution in [2.45, 2.75) is 24.8 Å². The van der Waals surface area contributed by atoms with Crippen LogP contribution in [0.4, 0.5) is 0 Å². The fourth-order valence-corrected chi connectivity index (χ4v) is 2.94. The van der Waals surface area contributed by atoms with Crippen molar-refractivity contribution in [3.05, 3.63) is 80.1 Å². The third-order valence-electron chi connectivity index (χ3n) is 3.71. The SMILES string of the molecule is [N-]=[N+]=N[C@@H](c1ccc(Cl)cc1)[C@@H](CCC(=O)O)c1cccc(Cl)c1. The lowest BCUT2D eigenvalue weighted by Gasteiger charge is -2.24. The van der Waals surface area contributed by atoms with E-state index in [0.717, 1.165) is 11.1 Å². The van der Waals surface area contributed by atoms with Crippen molar-refractivity contribution in [1.29, 1.82) is 0 Å². The first kappa shape index (κ1) is 18.1. The summed E-state index contributed by atoms with van der Waals surface area (Å²) in [5.41, 5.74) is 10.6. The summed E-state index contributed by atoms with van der Waals surface area (Å²) in [6, 6.07) is 13.6. The van der Waals surface area contributed by atoms with E-state index < -0.39 is 12.0 Å². The average molecular weight is 364 g/mol. The van der Waals surface area contributed by atoms with Crippen molar-refractivity contribution < 1.29 is 9.90 Å². The molecular weight excluding hydrogens is 349 g/mol. The average Bonchev–Trinajstić information content (AvgIpc) is 2.55. The summed E-state index contributed by atoms with van der Waals surface area (Å²) < 4.78 is 0. The highest BCUT2D eigenvalue weighted by atomic mass is 35.5. The molecule has 0 bridgehead atoms. The first-order valence-corrected chi connectivity index (χ1v) is 8.04. The number of carboxylic acids is 1. The second-order valence-electron chi connectivity index (χ2n) is 5.30. The van der Waals surface area contributed by atoms with Crippen LogP contribution in [0.15, 0.2) is 53.6 Å². The number of hydrogen-bond acceptors (Lipinski definition) is 2. The Kier molecular flexibility index (Phi) is 6.50. The third kappa shape index (κ3) is 4.90. The first-order valence-electron chi connectivity index (χ1n) is 7.28. The van der Waals surface area contributed by atoms with Crippen molar-refractivity contribution in [3.8, 4) is 0 Å². The number of aliphatic carboxylic acids is 1. The van der Waals surface area contributed by atoms with Gasteiger partial charge in [0.15, 0.2) is 0 Å². The Balaban J connectivity index is 2.45. The minimum absolute atomic E-state index is 0.0395. The van der Waals surface area contributed by atoms with Gasteiger partial charge >= 0.3 is 5.97 Å². The molecule has 7 heteroatoms. The predicted molar refractivity (Wildman–Crippen MR) is 94.4 cm³/mol. The second-order valence-corrected chi connectivity index (χ2v) is 6.17. The van der Waals surface area contributed by atoms with Crippen molar-refractivity contribution in [1.82, 2.24) is 0 Å². The van der Waals surface area contributed by atoms with E-state index in [2.05, 4.69) is 10.0 Å². The van der Waals surface area contributed by atoms with Crippen molar-refractivity contribution in [3.63, 3.8) is 0 Å². The van der Waals surface area contributed by atoms with E-state index in [4.69, 9.17) is 33.8 Å². The topological polar surface area (TPSA) is 86.1 Å². The normalized spacial score (nSPS) is 12.9. The van der Waals surface area contributed by atoms with Gasteiger partial charge in [0, 0.05) is 21.4 Å². The Labute approximate surface area is 149 Å². The van der Waals surface area contributed by atoms with Crippen LogP contribution < -0.4 is 0 Å². The van der Waals surface area contributed by atoms with Gasteiger partial charge in [-0.15, -0.1) is 0 Å². The zero-order valence-corrected chi connectivity index (χ0v) is 14.2. The van der Waals surface area contributed by atoms with Gasteiger partial charge in [0.1, 0.15) is 0 Å². The summed E-state index contributed by atoms with van der Waals surface area (Å²) in [7, 11) is 0. The lowest BCUT2D eigenvalue weighted by molar-refractivity contribution is -0.137. The summed E-state index contributed by atoms with van der Waals surface area (Å²) in [6.07, 6.45) is 0.282. The molecule has 0 heterocycles. The fraction of sp³-hybridized carbons (Fsp3) is 0.235. The zero-order valence-electron chi connectivity index (χ0n) is 12.6. The van der Waals surface area contributed by atoms with Crippen LogP contribution in [-0.4, -0.2) is 11.1 Å². The molecule has 2 atom stereocenters. The van der Waals surface area contributed by atoms with E-state index in [1.165, 1.54) is 0 Å². The number of hydrogen-bond donors (Lipinski definition) is 1. The van der Waals surface area contributed by atoms with Gasteiger partial charge in [0.25, 0.3) is 0 Å². The number of azide groups is 1. The van der Waals surface area contributed by atoms with Gasteiger partial charge in [0.2, 0.25) is 0 Å². The second kappa shape index (κ2) is 8.60. The molecule has 0 aliphatic heterocycles. The molecule has 0 aliphatic carbocycles. The van der Waals surface area contributed by atoms with Gasteiger partial charge in [-0.3, -0.25) is 4.79 Å². The van der Waals surface area contributed by atoms with Gasteiger partial charge in [-0.1, -0.05) is 52.6 Å². The van der Waals surface area contributed by atoms with Crippen molar-refractivity contribution in [2.75, 3.05) is 0 Å². The first-order chi connectivity index (χ1) is 11.5. The predicted octanol–water partition coefficient (Wildman–Crippen LogP) is 5.99. The number of halogens is 2. The highest BCUT2D eigenvalue weighted by Crippen LogP contribution is 2.39. The largest absolute Gasteiger partial charge is 0.481 e. The van der Waals surface area contributed by atoms with Gasteiger partial charge in [0.05, 0.1) is 6.04 Å². The summed E-state index contributed by atoms with van der Waals surface area (Å²) in [4.78, 5) is 14.0. The molecule has 0 spiro atoms.